The molecule has 136 valence electrons. The number of nitrogens with one attached hydrogen (secondary N) is 1. The molecular formula is C20H22ClN3O2. The number of nitro benzene ring substituents is 1. The van der Waals surface area contributed by atoms with E-state index >= 15 is 0 Å². The van der Waals surface area contributed by atoms with Crippen LogP contribution in [0.3, 0.4) is 0 Å². The maximum absolute atomic E-state index is 10.8. The molecule has 0 spiro atoms. The number of benzene rings is 2. The molecule has 1 aromatic heterocycles. The zero-order valence-electron chi connectivity index (χ0n) is 14.4. The largest absolute Gasteiger partial charge is 0.343 e. The van der Waals surface area contributed by atoms with Crippen molar-refractivity contribution in [2.24, 2.45) is 0 Å². The van der Waals surface area contributed by atoms with E-state index < -0.39 is 0 Å². The van der Waals surface area contributed by atoms with Gasteiger partial charge >= 0.3 is 0 Å². The highest BCUT2D eigenvalue weighted by Crippen LogP contribution is 2.33. The van der Waals surface area contributed by atoms with Crippen LogP contribution in [-0.4, -0.2) is 22.6 Å². The molecule has 0 atom stereocenters. The van der Waals surface area contributed by atoms with Gasteiger partial charge in [0.25, 0.3) is 5.69 Å². The van der Waals surface area contributed by atoms with Gasteiger partial charge in [-0.25, -0.2) is 0 Å². The Hall–Kier alpha value is -2.37. The molecule has 0 radical (unpaired) electrons. The summed E-state index contributed by atoms with van der Waals surface area (Å²) in [5.74, 6) is 0.601. The van der Waals surface area contributed by atoms with E-state index in [0.717, 1.165) is 25.2 Å². The summed E-state index contributed by atoms with van der Waals surface area (Å²) in [6, 6.07) is 15.4. The van der Waals surface area contributed by atoms with Gasteiger partial charge in [0, 0.05) is 35.8 Å². The number of nitro groups is 1. The molecule has 6 heteroatoms. The Balaban J connectivity index is 0.00000196. The number of non-ortho nitro benzene ring substituents is 1. The zero-order valence-corrected chi connectivity index (χ0v) is 15.2. The number of halogens is 1. The Bertz CT molecular complexity index is 899. The van der Waals surface area contributed by atoms with Crippen LogP contribution in [0.1, 0.15) is 29.9 Å². The second-order valence-electron chi connectivity index (χ2n) is 6.68. The molecule has 26 heavy (non-hydrogen) atoms. The molecule has 1 aliphatic rings. The van der Waals surface area contributed by atoms with Crippen LogP contribution in [0.2, 0.25) is 0 Å². The van der Waals surface area contributed by atoms with Crippen LogP contribution in [0.4, 0.5) is 5.69 Å². The second-order valence-corrected chi connectivity index (χ2v) is 6.68. The Morgan fingerprint density at radius 1 is 1.08 bits per heavy atom. The van der Waals surface area contributed by atoms with E-state index in [1.54, 1.807) is 12.1 Å². The van der Waals surface area contributed by atoms with Gasteiger partial charge in [-0.15, -0.1) is 12.4 Å². The van der Waals surface area contributed by atoms with Crippen LogP contribution in [0, 0.1) is 10.1 Å². The van der Waals surface area contributed by atoms with E-state index in [2.05, 4.69) is 40.3 Å². The Morgan fingerprint density at radius 2 is 1.77 bits per heavy atom. The quantitative estimate of drug-likeness (QED) is 0.543. The van der Waals surface area contributed by atoms with Crippen LogP contribution >= 0.6 is 12.4 Å². The summed E-state index contributed by atoms with van der Waals surface area (Å²) < 4.78 is 2.27. The molecule has 4 rings (SSSR count). The number of nitrogens with zero attached hydrogens (tertiary/aromatic N) is 2. The zero-order chi connectivity index (χ0) is 17.2. The Kier molecular flexibility index (Phi) is 5.59. The molecule has 1 N–H and O–H groups in total. The fraction of sp³-hybridized carbons (Fsp3) is 0.300. The van der Waals surface area contributed by atoms with Gasteiger partial charge in [-0.1, -0.05) is 30.3 Å². The SMILES string of the molecule is Cl.O=[N+]([O-])c1ccc(Cn2cc(C3CCNCC3)c3ccccc32)cc1. The van der Waals surface area contributed by atoms with Crippen molar-refractivity contribution in [2.45, 2.75) is 25.3 Å². The first-order chi connectivity index (χ1) is 12.2. The molecule has 5 nitrogen and oxygen atoms in total. The highest BCUT2D eigenvalue weighted by atomic mass is 35.5. The summed E-state index contributed by atoms with van der Waals surface area (Å²) in [5.41, 5.74) is 3.87. The first-order valence-electron chi connectivity index (χ1n) is 8.74. The van der Waals surface area contributed by atoms with Gasteiger partial charge in [0.05, 0.1) is 4.92 Å². The fourth-order valence-electron chi connectivity index (χ4n) is 3.78. The normalized spacial score (nSPS) is 14.9. The van der Waals surface area contributed by atoms with Crippen molar-refractivity contribution in [3.8, 4) is 0 Å². The number of para-hydroxylation sites is 1. The van der Waals surface area contributed by atoms with Crippen LogP contribution in [-0.2, 0) is 6.54 Å². The predicted octanol–water partition coefficient (Wildman–Crippen LogP) is 4.49. The van der Waals surface area contributed by atoms with Crippen molar-refractivity contribution in [1.82, 2.24) is 9.88 Å². The van der Waals surface area contributed by atoms with Crippen molar-refractivity contribution in [3.05, 3.63) is 76.0 Å². The summed E-state index contributed by atoms with van der Waals surface area (Å²) in [4.78, 5) is 10.5. The smallest absolute Gasteiger partial charge is 0.269 e. The molecule has 3 aromatic rings. The average molecular weight is 372 g/mol. The third-order valence-corrected chi connectivity index (χ3v) is 5.10. The van der Waals surface area contributed by atoms with Crippen molar-refractivity contribution in [2.75, 3.05) is 13.1 Å². The lowest BCUT2D eigenvalue weighted by Crippen LogP contribution is -2.26. The summed E-state index contributed by atoms with van der Waals surface area (Å²) in [5, 5.41) is 15.6. The van der Waals surface area contributed by atoms with Gasteiger partial charge in [-0.2, -0.15) is 0 Å². The summed E-state index contributed by atoms with van der Waals surface area (Å²) in [6.07, 6.45) is 4.62. The first kappa shape index (κ1) is 18.4. The summed E-state index contributed by atoms with van der Waals surface area (Å²) >= 11 is 0. The number of aromatic nitrogens is 1. The molecule has 0 saturated carbocycles. The standard InChI is InChI=1S/C20H21N3O2.ClH/c24-23(25)17-7-5-15(6-8-17)13-22-14-19(16-9-11-21-12-10-16)18-3-1-2-4-20(18)22;/h1-8,14,16,21H,9-13H2;1H. The van der Waals surface area contributed by atoms with Gasteiger partial charge in [0.15, 0.2) is 0 Å². The lowest BCUT2D eigenvalue weighted by Gasteiger charge is -2.22. The molecular weight excluding hydrogens is 350 g/mol. The molecule has 0 unspecified atom stereocenters. The minimum Gasteiger partial charge on any atom is -0.343 e. The van der Waals surface area contributed by atoms with Gasteiger partial charge < -0.3 is 9.88 Å². The topological polar surface area (TPSA) is 60.1 Å². The van der Waals surface area contributed by atoms with E-state index in [9.17, 15) is 10.1 Å². The molecule has 1 fully saturated rings. The average Bonchev–Trinajstić information content (AvgIpc) is 3.02. The molecule has 2 heterocycles. The number of piperidine rings is 1. The van der Waals surface area contributed by atoms with Crippen LogP contribution < -0.4 is 5.32 Å². The molecule has 0 bridgehead atoms. The van der Waals surface area contributed by atoms with Gasteiger partial charge in [-0.05, 0) is 49.0 Å². The Labute approximate surface area is 158 Å². The monoisotopic (exact) mass is 371 g/mol. The summed E-state index contributed by atoms with van der Waals surface area (Å²) in [6.45, 7) is 2.88. The van der Waals surface area contributed by atoms with Gasteiger partial charge in [-0.3, -0.25) is 10.1 Å². The maximum Gasteiger partial charge on any atom is 0.269 e. The van der Waals surface area contributed by atoms with Crippen molar-refractivity contribution < 1.29 is 4.92 Å². The number of hydrogen-bond acceptors (Lipinski definition) is 3. The van der Waals surface area contributed by atoms with E-state index in [1.807, 2.05) is 12.1 Å². The van der Waals surface area contributed by atoms with Gasteiger partial charge in [0.1, 0.15) is 0 Å². The minimum atomic E-state index is -0.357. The van der Waals surface area contributed by atoms with Crippen LogP contribution in [0.25, 0.3) is 10.9 Å². The number of rotatable bonds is 4. The fourth-order valence-corrected chi connectivity index (χ4v) is 3.78. The van der Waals surface area contributed by atoms with E-state index in [-0.39, 0.29) is 23.0 Å². The third kappa shape index (κ3) is 3.59. The van der Waals surface area contributed by atoms with E-state index in [1.165, 1.54) is 29.3 Å². The van der Waals surface area contributed by atoms with E-state index in [0.29, 0.717) is 5.92 Å². The second kappa shape index (κ2) is 7.89. The van der Waals surface area contributed by atoms with Crippen LogP contribution in [0.5, 0.6) is 0 Å². The lowest BCUT2D eigenvalue weighted by molar-refractivity contribution is -0.384. The van der Waals surface area contributed by atoms with Gasteiger partial charge in [0.2, 0.25) is 0 Å². The molecule has 2 aromatic carbocycles. The predicted molar refractivity (Wildman–Crippen MR) is 106 cm³/mol. The summed E-state index contributed by atoms with van der Waals surface area (Å²) in [7, 11) is 0. The number of hydrogen-bond donors (Lipinski definition) is 1. The van der Waals surface area contributed by atoms with Crippen molar-refractivity contribution >= 4 is 29.0 Å². The maximum atomic E-state index is 10.8. The van der Waals surface area contributed by atoms with Crippen molar-refractivity contribution in [1.29, 1.82) is 0 Å². The highest BCUT2D eigenvalue weighted by Gasteiger charge is 2.20. The molecule has 0 amide bonds. The highest BCUT2D eigenvalue weighted by molar-refractivity contribution is 5.85. The minimum absolute atomic E-state index is 0. The first-order valence-corrected chi connectivity index (χ1v) is 8.74. The number of fused-ring (bicyclic) bond motifs is 1. The lowest BCUT2D eigenvalue weighted by atomic mass is 9.90. The molecule has 1 saturated heterocycles. The molecule has 0 aliphatic carbocycles. The Morgan fingerprint density at radius 3 is 2.46 bits per heavy atom. The van der Waals surface area contributed by atoms with Crippen molar-refractivity contribution in [3.63, 3.8) is 0 Å². The van der Waals surface area contributed by atoms with Crippen LogP contribution in [0.15, 0.2) is 54.7 Å². The third-order valence-electron chi connectivity index (χ3n) is 5.10. The van der Waals surface area contributed by atoms with E-state index in [4.69, 9.17) is 0 Å². The molecule has 1 aliphatic heterocycles.